The van der Waals surface area contributed by atoms with Crippen LogP contribution in [0.4, 0.5) is 5.82 Å². The number of hydrogen-bond acceptors (Lipinski definition) is 6. The minimum Gasteiger partial charge on any atom is -0.355 e. The van der Waals surface area contributed by atoms with Crippen molar-refractivity contribution in [1.82, 2.24) is 34.7 Å². The summed E-state index contributed by atoms with van der Waals surface area (Å²) in [4.78, 5) is 9.05. The zero-order valence-electron chi connectivity index (χ0n) is 15.0. The zero-order valence-corrected chi connectivity index (χ0v) is 15.0. The standard InChI is InChI=1S/C17H24N8/c1-17(2,3)14-10-13(20-21-14)11-23-6-8-24(9-7-23)15-4-5-18-16-22-19-12-25(15)16/h4-5,10,12H,6-9,11H2,1-3H3,(H,20,21). The van der Waals surface area contributed by atoms with Crippen LogP contribution in [0.3, 0.4) is 0 Å². The monoisotopic (exact) mass is 340 g/mol. The predicted octanol–water partition coefficient (Wildman–Crippen LogP) is 1.47. The van der Waals surface area contributed by atoms with Gasteiger partial charge in [0, 0.05) is 50.0 Å². The number of aromatic nitrogens is 6. The van der Waals surface area contributed by atoms with Gasteiger partial charge in [-0.15, -0.1) is 10.2 Å². The van der Waals surface area contributed by atoms with Crippen LogP contribution in [0.5, 0.6) is 0 Å². The lowest BCUT2D eigenvalue weighted by Gasteiger charge is -2.35. The van der Waals surface area contributed by atoms with Crippen molar-refractivity contribution in [3.05, 3.63) is 36.0 Å². The van der Waals surface area contributed by atoms with Gasteiger partial charge < -0.3 is 4.90 Å². The number of nitrogens with zero attached hydrogens (tertiary/aromatic N) is 7. The highest BCUT2D eigenvalue weighted by Crippen LogP contribution is 2.21. The SMILES string of the molecule is CC(C)(C)c1cc(CN2CCN(c3ccnc4nncn34)CC2)[nH]n1. The van der Waals surface area contributed by atoms with Gasteiger partial charge in [-0.05, 0) is 12.1 Å². The number of piperazine rings is 1. The molecule has 3 aromatic heterocycles. The van der Waals surface area contributed by atoms with Crippen LogP contribution in [-0.2, 0) is 12.0 Å². The van der Waals surface area contributed by atoms with E-state index >= 15 is 0 Å². The maximum atomic E-state index is 4.46. The molecule has 0 spiro atoms. The molecule has 4 heterocycles. The molecule has 1 saturated heterocycles. The van der Waals surface area contributed by atoms with E-state index < -0.39 is 0 Å². The summed E-state index contributed by atoms with van der Waals surface area (Å²) in [5, 5.41) is 15.6. The van der Waals surface area contributed by atoms with Crippen LogP contribution < -0.4 is 4.90 Å². The highest BCUT2D eigenvalue weighted by atomic mass is 15.3. The molecule has 25 heavy (non-hydrogen) atoms. The molecule has 0 amide bonds. The van der Waals surface area contributed by atoms with Crippen molar-refractivity contribution >= 4 is 11.6 Å². The zero-order chi connectivity index (χ0) is 17.4. The summed E-state index contributed by atoms with van der Waals surface area (Å²) < 4.78 is 1.94. The molecule has 8 heteroatoms. The van der Waals surface area contributed by atoms with Crippen LogP contribution in [0.15, 0.2) is 24.7 Å². The molecule has 8 nitrogen and oxygen atoms in total. The van der Waals surface area contributed by atoms with Crippen LogP contribution >= 0.6 is 0 Å². The van der Waals surface area contributed by atoms with E-state index in [0.29, 0.717) is 5.78 Å². The lowest BCUT2D eigenvalue weighted by Crippen LogP contribution is -2.46. The molecule has 0 unspecified atom stereocenters. The van der Waals surface area contributed by atoms with Gasteiger partial charge in [0.1, 0.15) is 12.1 Å². The van der Waals surface area contributed by atoms with Crippen LogP contribution in [0.1, 0.15) is 32.2 Å². The third kappa shape index (κ3) is 3.21. The molecule has 1 aliphatic rings. The van der Waals surface area contributed by atoms with E-state index in [1.54, 1.807) is 12.5 Å². The molecule has 0 atom stereocenters. The second-order valence-corrected chi connectivity index (χ2v) is 7.60. The van der Waals surface area contributed by atoms with Gasteiger partial charge >= 0.3 is 0 Å². The fraction of sp³-hybridized carbons (Fsp3) is 0.529. The van der Waals surface area contributed by atoms with Crippen molar-refractivity contribution in [2.24, 2.45) is 0 Å². The van der Waals surface area contributed by atoms with E-state index in [9.17, 15) is 0 Å². The first kappa shape index (κ1) is 16.0. The van der Waals surface area contributed by atoms with Crippen molar-refractivity contribution in [2.45, 2.75) is 32.7 Å². The topological polar surface area (TPSA) is 78.2 Å². The van der Waals surface area contributed by atoms with E-state index in [4.69, 9.17) is 0 Å². The molecule has 132 valence electrons. The number of rotatable bonds is 3. The normalized spacial score (nSPS) is 16.7. The molecule has 0 bridgehead atoms. The average Bonchev–Trinajstić information content (AvgIpc) is 3.23. The summed E-state index contributed by atoms with van der Waals surface area (Å²) in [6, 6.07) is 4.21. The van der Waals surface area contributed by atoms with Crippen molar-refractivity contribution in [1.29, 1.82) is 0 Å². The first-order valence-electron chi connectivity index (χ1n) is 8.67. The van der Waals surface area contributed by atoms with E-state index in [1.807, 2.05) is 10.5 Å². The first-order chi connectivity index (χ1) is 12.0. The highest BCUT2D eigenvalue weighted by Gasteiger charge is 2.21. The first-order valence-corrected chi connectivity index (χ1v) is 8.67. The van der Waals surface area contributed by atoms with Gasteiger partial charge in [0.2, 0.25) is 0 Å². The Morgan fingerprint density at radius 1 is 1.16 bits per heavy atom. The number of fused-ring (bicyclic) bond motifs is 1. The quantitative estimate of drug-likeness (QED) is 0.778. The summed E-state index contributed by atoms with van der Waals surface area (Å²) in [6.45, 7) is 11.4. The Bertz CT molecular complexity index is 851. The fourth-order valence-corrected chi connectivity index (χ4v) is 3.19. The van der Waals surface area contributed by atoms with E-state index in [2.05, 4.69) is 62.0 Å². The van der Waals surface area contributed by atoms with Crippen molar-refractivity contribution in [2.75, 3.05) is 31.1 Å². The molecule has 1 fully saturated rings. The lowest BCUT2D eigenvalue weighted by atomic mass is 9.92. The number of aromatic amines is 1. The van der Waals surface area contributed by atoms with Crippen LogP contribution in [0.25, 0.3) is 5.78 Å². The molecule has 0 aliphatic carbocycles. The molecule has 1 aliphatic heterocycles. The molecule has 1 N–H and O–H groups in total. The Morgan fingerprint density at radius 3 is 2.68 bits per heavy atom. The molecular formula is C17H24N8. The van der Waals surface area contributed by atoms with Crippen molar-refractivity contribution in [3.8, 4) is 0 Å². The Balaban J connectivity index is 1.40. The van der Waals surface area contributed by atoms with Crippen LogP contribution in [0, 0.1) is 0 Å². The maximum absolute atomic E-state index is 4.46. The summed E-state index contributed by atoms with van der Waals surface area (Å²) in [6.07, 6.45) is 3.52. The largest absolute Gasteiger partial charge is 0.355 e. The number of hydrogen-bond donors (Lipinski definition) is 1. The lowest BCUT2D eigenvalue weighted by molar-refractivity contribution is 0.246. The molecule has 0 aromatic carbocycles. The molecule has 0 radical (unpaired) electrons. The van der Waals surface area contributed by atoms with Crippen LogP contribution in [0.2, 0.25) is 0 Å². The number of nitrogens with one attached hydrogen (secondary N) is 1. The summed E-state index contributed by atoms with van der Waals surface area (Å²) >= 11 is 0. The van der Waals surface area contributed by atoms with E-state index in [0.717, 1.165) is 44.2 Å². The molecule has 0 saturated carbocycles. The average molecular weight is 340 g/mol. The summed E-state index contributed by atoms with van der Waals surface area (Å²) in [5.41, 5.74) is 2.38. The number of H-pyrrole nitrogens is 1. The van der Waals surface area contributed by atoms with Crippen LogP contribution in [-0.4, -0.2) is 60.9 Å². The van der Waals surface area contributed by atoms with Gasteiger partial charge in [-0.25, -0.2) is 4.98 Å². The van der Waals surface area contributed by atoms with Gasteiger partial charge in [0.25, 0.3) is 5.78 Å². The van der Waals surface area contributed by atoms with E-state index in [1.165, 1.54) is 5.69 Å². The Hall–Kier alpha value is -2.48. The van der Waals surface area contributed by atoms with Crippen molar-refractivity contribution < 1.29 is 0 Å². The molecule has 3 aromatic rings. The molecule has 4 rings (SSSR count). The van der Waals surface area contributed by atoms with Gasteiger partial charge in [-0.1, -0.05) is 20.8 Å². The third-order valence-electron chi connectivity index (χ3n) is 4.68. The molecular weight excluding hydrogens is 316 g/mol. The van der Waals surface area contributed by atoms with Crippen molar-refractivity contribution in [3.63, 3.8) is 0 Å². The Morgan fingerprint density at radius 2 is 1.96 bits per heavy atom. The number of anilines is 1. The van der Waals surface area contributed by atoms with Gasteiger partial charge in [-0.2, -0.15) is 5.10 Å². The third-order valence-corrected chi connectivity index (χ3v) is 4.68. The highest BCUT2D eigenvalue weighted by molar-refractivity contribution is 5.46. The maximum Gasteiger partial charge on any atom is 0.256 e. The van der Waals surface area contributed by atoms with Gasteiger partial charge in [0.05, 0.1) is 5.69 Å². The Labute approximate surface area is 146 Å². The van der Waals surface area contributed by atoms with Gasteiger partial charge in [0.15, 0.2) is 0 Å². The summed E-state index contributed by atoms with van der Waals surface area (Å²) in [5.74, 6) is 1.75. The second kappa shape index (κ2) is 6.11. The second-order valence-electron chi connectivity index (χ2n) is 7.60. The van der Waals surface area contributed by atoms with E-state index in [-0.39, 0.29) is 5.41 Å². The minimum absolute atomic E-state index is 0.0823. The minimum atomic E-state index is 0.0823. The Kier molecular flexibility index (Phi) is 3.91. The fourth-order valence-electron chi connectivity index (χ4n) is 3.19. The van der Waals surface area contributed by atoms with Gasteiger partial charge in [-0.3, -0.25) is 14.4 Å². The predicted molar refractivity (Wildman–Crippen MR) is 95.6 cm³/mol. The smallest absolute Gasteiger partial charge is 0.256 e. The summed E-state index contributed by atoms with van der Waals surface area (Å²) in [7, 11) is 0.